The Bertz CT molecular complexity index is 1000. The Morgan fingerprint density at radius 3 is 2.32 bits per heavy atom. The number of ether oxygens (including phenoxy) is 2. The summed E-state index contributed by atoms with van der Waals surface area (Å²) in [5, 5.41) is 11.9. The van der Waals surface area contributed by atoms with Crippen LogP contribution in [0.3, 0.4) is 0 Å². The third-order valence-electron chi connectivity index (χ3n) is 4.29. The standard InChI is InChI=1S/C21H26N2O7S/c1-3-29-13-14-30-12-11-17-18(20(24)25)5-4-6-19(17)22-21(26)23-31(27,28)16-9-7-15(2)8-10-16/h4-10H,3,11-14H2,1-2H3,(H,24,25)(H2,22,23,26). The van der Waals surface area contributed by atoms with Crippen molar-refractivity contribution < 1.29 is 32.6 Å². The minimum Gasteiger partial charge on any atom is -0.478 e. The van der Waals surface area contributed by atoms with Gasteiger partial charge in [0.15, 0.2) is 0 Å². The van der Waals surface area contributed by atoms with Crippen molar-refractivity contribution in [1.29, 1.82) is 0 Å². The highest BCUT2D eigenvalue weighted by atomic mass is 32.2. The summed E-state index contributed by atoms with van der Waals surface area (Å²) in [5.74, 6) is -1.17. The third kappa shape index (κ3) is 7.35. The minimum absolute atomic E-state index is 0.00685. The van der Waals surface area contributed by atoms with Crippen LogP contribution < -0.4 is 10.0 Å². The fraction of sp³-hybridized carbons (Fsp3) is 0.333. The lowest BCUT2D eigenvalue weighted by atomic mass is 10.0. The molecule has 9 nitrogen and oxygen atoms in total. The van der Waals surface area contributed by atoms with Gasteiger partial charge in [0, 0.05) is 12.3 Å². The van der Waals surface area contributed by atoms with Gasteiger partial charge in [-0.3, -0.25) is 0 Å². The molecule has 0 aromatic heterocycles. The van der Waals surface area contributed by atoms with E-state index in [1.54, 1.807) is 12.1 Å². The number of sulfonamides is 1. The van der Waals surface area contributed by atoms with Crippen molar-refractivity contribution in [2.45, 2.75) is 25.2 Å². The number of carboxylic acid groups (broad SMARTS) is 1. The molecule has 0 aliphatic rings. The maximum Gasteiger partial charge on any atom is 0.336 e. The summed E-state index contributed by atoms with van der Waals surface area (Å²) in [5.41, 5.74) is 1.38. The monoisotopic (exact) mass is 450 g/mol. The van der Waals surface area contributed by atoms with Gasteiger partial charge < -0.3 is 19.9 Å². The first kappa shape index (κ1) is 24.3. The maximum atomic E-state index is 12.4. The molecule has 0 atom stereocenters. The topological polar surface area (TPSA) is 131 Å². The number of nitrogens with one attached hydrogen (secondary N) is 2. The van der Waals surface area contributed by atoms with Gasteiger partial charge in [-0.15, -0.1) is 0 Å². The van der Waals surface area contributed by atoms with Gasteiger partial charge in [0.2, 0.25) is 0 Å². The number of carbonyl (C=O) groups excluding carboxylic acids is 1. The Hall–Kier alpha value is -2.95. The smallest absolute Gasteiger partial charge is 0.336 e. The van der Waals surface area contributed by atoms with E-state index in [0.717, 1.165) is 5.56 Å². The molecule has 0 spiro atoms. The SMILES string of the molecule is CCOCCOCCc1c(NC(=O)NS(=O)(=O)c2ccc(C)cc2)cccc1C(=O)O. The Morgan fingerprint density at radius 2 is 1.68 bits per heavy atom. The van der Waals surface area contributed by atoms with Crippen LogP contribution in [0, 0.1) is 6.92 Å². The maximum absolute atomic E-state index is 12.4. The first-order chi connectivity index (χ1) is 14.7. The Morgan fingerprint density at radius 1 is 1.00 bits per heavy atom. The lowest BCUT2D eigenvalue weighted by Crippen LogP contribution is -2.34. The molecule has 0 aliphatic carbocycles. The minimum atomic E-state index is -4.08. The van der Waals surface area contributed by atoms with E-state index in [0.29, 0.717) is 25.4 Å². The molecular weight excluding hydrogens is 424 g/mol. The van der Waals surface area contributed by atoms with Crippen molar-refractivity contribution in [3.63, 3.8) is 0 Å². The number of hydrogen-bond acceptors (Lipinski definition) is 6. The molecule has 3 N–H and O–H groups in total. The first-order valence-corrected chi connectivity index (χ1v) is 11.1. The average Bonchev–Trinajstić information content (AvgIpc) is 2.71. The number of hydrogen-bond donors (Lipinski definition) is 3. The molecule has 0 unspecified atom stereocenters. The highest BCUT2D eigenvalue weighted by molar-refractivity contribution is 7.90. The van der Waals surface area contributed by atoms with Crippen LogP contribution in [-0.4, -0.2) is 52.0 Å². The summed E-state index contributed by atoms with van der Waals surface area (Å²) in [6, 6.07) is 9.39. The number of carbonyl (C=O) groups is 2. The van der Waals surface area contributed by atoms with Crippen LogP contribution in [0.4, 0.5) is 10.5 Å². The fourth-order valence-corrected chi connectivity index (χ4v) is 3.67. The number of rotatable bonds is 11. The van der Waals surface area contributed by atoms with Gasteiger partial charge in [-0.1, -0.05) is 23.8 Å². The molecule has 0 saturated heterocycles. The van der Waals surface area contributed by atoms with Crippen LogP contribution in [0.1, 0.15) is 28.4 Å². The highest BCUT2D eigenvalue weighted by Gasteiger charge is 2.20. The zero-order valence-corrected chi connectivity index (χ0v) is 18.2. The highest BCUT2D eigenvalue weighted by Crippen LogP contribution is 2.21. The van der Waals surface area contributed by atoms with Crippen molar-refractivity contribution in [3.8, 4) is 0 Å². The average molecular weight is 451 g/mol. The number of amides is 2. The van der Waals surface area contributed by atoms with Gasteiger partial charge in [0.1, 0.15) is 0 Å². The molecule has 168 valence electrons. The van der Waals surface area contributed by atoms with Crippen LogP contribution in [0.15, 0.2) is 47.4 Å². The predicted molar refractivity (Wildman–Crippen MR) is 115 cm³/mol. The van der Waals surface area contributed by atoms with Crippen LogP contribution in [-0.2, 0) is 25.9 Å². The van der Waals surface area contributed by atoms with Crippen molar-refractivity contribution in [1.82, 2.24) is 4.72 Å². The number of aromatic carboxylic acids is 1. The van der Waals surface area contributed by atoms with Crippen LogP contribution in [0.5, 0.6) is 0 Å². The quantitative estimate of drug-likeness (QED) is 0.449. The second-order valence-corrected chi connectivity index (χ2v) is 8.25. The van der Waals surface area contributed by atoms with E-state index in [1.165, 1.54) is 30.3 Å². The number of benzene rings is 2. The third-order valence-corrected chi connectivity index (χ3v) is 5.63. The lowest BCUT2D eigenvalue weighted by Gasteiger charge is -2.15. The largest absolute Gasteiger partial charge is 0.478 e. The fourth-order valence-electron chi connectivity index (χ4n) is 2.76. The first-order valence-electron chi connectivity index (χ1n) is 9.65. The number of urea groups is 1. The zero-order valence-electron chi connectivity index (χ0n) is 17.4. The zero-order chi connectivity index (χ0) is 22.9. The summed E-state index contributed by atoms with van der Waals surface area (Å²) >= 11 is 0. The van der Waals surface area contributed by atoms with E-state index in [-0.39, 0.29) is 29.2 Å². The van der Waals surface area contributed by atoms with Crippen LogP contribution in [0.2, 0.25) is 0 Å². The summed E-state index contributed by atoms with van der Waals surface area (Å²) < 4.78 is 37.4. The van der Waals surface area contributed by atoms with Crippen LogP contribution >= 0.6 is 0 Å². The van der Waals surface area contributed by atoms with E-state index in [2.05, 4.69) is 5.32 Å². The van der Waals surface area contributed by atoms with E-state index < -0.39 is 22.0 Å². The molecule has 2 aromatic rings. The van der Waals surface area contributed by atoms with E-state index in [9.17, 15) is 23.1 Å². The molecule has 10 heteroatoms. The van der Waals surface area contributed by atoms with Gasteiger partial charge in [0.25, 0.3) is 10.0 Å². The van der Waals surface area contributed by atoms with Crippen molar-refractivity contribution >= 4 is 27.7 Å². The second kappa shape index (κ2) is 11.4. The summed E-state index contributed by atoms with van der Waals surface area (Å²) in [4.78, 5) is 23.9. The number of anilines is 1. The molecule has 2 amide bonds. The predicted octanol–water partition coefficient (Wildman–Crippen LogP) is 2.80. The molecule has 0 bridgehead atoms. The second-order valence-electron chi connectivity index (χ2n) is 6.57. The summed E-state index contributed by atoms with van der Waals surface area (Å²) in [6.45, 7) is 5.22. The molecule has 2 rings (SSSR count). The Balaban J connectivity index is 2.12. The van der Waals surface area contributed by atoms with Gasteiger partial charge in [-0.05, 0) is 50.1 Å². The lowest BCUT2D eigenvalue weighted by molar-refractivity contribution is 0.0539. The summed E-state index contributed by atoms with van der Waals surface area (Å²) in [7, 11) is -4.08. The molecule has 0 saturated carbocycles. The van der Waals surface area contributed by atoms with Crippen molar-refractivity contribution in [3.05, 3.63) is 59.2 Å². The molecule has 2 aromatic carbocycles. The van der Waals surface area contributed by atoms with E-state index in [4.69, 9.17) is 9.47 Å². The molecule has 0 fully saturated rings. The summed E-state index contributed by atoms with van der Waals surface area (Å²) in [6.07, 6.45) is 0.203. The Kier molecular flexibility index (Phi) is 8.98. The Labute approximate surface area is 181 Å². The van der Waals surface area contributed by atoms with Gasteiger partial charge in [0.05, 0.1) is 30.3 Å². The molecule has 0 radical (unpaired) electrons. The van der Waals surface area contributed by atoms with E-state index >= 15 is 0 Å². The molecule has 0 heterocycles. The van der Waals surface area contributed by atoms with Gasteiger partial charge >= 0.3 is 12.0 Å². The molecular formula is C21H26N2O7S. The van der Waals surface area contributed by atoms with E-state index in [1.807, 2.05) is 18.6 Å². The van der Waals surface area contributed by atoms with Crippen LogP contribution in [0.25, 0.3) is 0 Å². The van der Waals surface area contributed by atoms with Crippen molar-refractivity contribution in [2.75, 3.05) is 31.7 Å². The molecule has 0 aliphatic heterocycles. The number of carboxylic acids is 1. The number of aryl methyl sites for hydroxylation is 1. The van der Waals surface area contributed by atoms with Gasteiger partial charge in [-0.25, -0.2) is 22.7 Å². The van der Waals surface area contributed by atoms with Crippen molar-refractivity contribution in [2.24, 2.45) is 0 Å². The van der Waals surface area contributed by atoms with Gasteiger partial charge in [-0.2, -0.15) is 0 Å². The normalized spacial score (nSPS) is 11.2. The molecule has 31 heavy (non-hydrogen) atoms.